The van der Waals surface area contributed by atoms with Gasteiger partial charge >= 0.3 is 0 Å². The van der Waals surface area contributed by atoms with Crippen LogP contribution in [0.1, 0.15) is 25.0 Å². The zero-order chi connectivity index (χ0) is 13.4. The largest absolute Gasteiger partial charge is 0.384 e. The van der Waals surface area contributed by atoms with Crippen molar-refractivity contribution in [1.29, 1.82) is 0 Å². The third-order valence-corrected chi connectivity index (χ3v) is 3.81. The van der Waals surface area contributed by atoms with Crippen molar-refractivity contribution >= 4 is 11.8 Å². The Morgan fingerprint density at radius 1 is 1.33 bits per heavy atom. The highest BCUT2D eigenvalue weighted by Crippen LogP contribution is 2.23. The van der Waals surface area contributed by atoms with E-state index in [1.165, 1.54) is 16.0 Å². The third kappa shape index (κ3) is 5.89. The van der Waals surface area contributed by atoms with Crippen LogP contribution in [0, 0.1) is 12.8 Å². The van der Waals surface area contributed by atoms with Gasteiger partial charge in [0.25, 0.3) is 0 Å². The average Bonchev–Trinajstić information content (AvgIpc) is 2.31. The van der Waals surface area contributed by atoms with Gasteiger partial charge in [-0.05, 0) is 36.6 Å². The van der Waals surface area contributed by atoms with E-state index in [0.29, 0.717) is 5.92 Å². The first-order valence-corrected chi connectivity index (χ1v) is 7.54. The molecule has 0 aliphatic carbocycles. The van der Waals surface area contributed by atoms with Crippen molar-refractivity contribution in [2.45, 2.75) is 32.2 Å². The summed E-state index contributed by atoms with van der Waals surface area (Å²) in [5.74, 6) is 1.72. The minimum atomic E-state index is 0.704. The zero-order valence-electron chi connectivity index (χ0n) is 12.0. The Labute approximate surface area is 116 Å². The summed E-state index contributed by atoms with van der Waals surface area (Å²) in [5, 5.41) is 3.47. The molecule has 3 heteroatoms. The van der Waals surface area contributed by atoms with Crippen molar-refractivity contribution in [2.24, 2.45) is 5.92 Å². The maximum atomic E-state index is 5.07. The monoisotopic (exact) mass is 267 g/mol. The number of hydrogen-bond acceptors (Lipinski definition) is 3. The number of rotatable bonds is 8. The fraction of sp³-hybridized carbons (Fsp3) is 0.600. The first kappa shape index (κ1) is 15.5. The normalized spacial score (nSPS) is 11.2. The van der Waals surface area contributed by atoms with E-state index in [1.807, 2.05) is 11.8 Å². The molecule has 0 atom stereocenters. The molecule has 0 saturated heterocycles. The second-order valence-electron chi connectivity index (χ2n) is 4.97. The lowest BCUT2D eigenvalue weighted by atomic mass is 10.1. The third-order valence-electron chi connectivity index (χ3n) is 2.67. The molecule has 0 fully saturated rings. The predicted molar refractivity (Wildman–Crippen MR) is 80.3 cm³/mol. The molecule has 18 heavy (non-hydrogen) atoms. The van der Waals surface area contributed by atoms with Crippen LogP contribution < -0.4 is 5.32 Å². The summed E-state index contributed by atoms with van der Waals surface area (Å²) in [4.78, 5) is 1.36. The molecule has 0 saturated carbocycles. The number of thioether (sulfide) groups is 1. The summed E-state index contributed by atoms with van der Waals surface area (Å²) in [6, 6.07) is 6.72. The Balaban J connectivity index is 2.45. The van der Waals surface area contributed by atoms with Crippen LogP contribution in [0.4, 0.5) is 0 Å². The van der Waals surface area contributed by atoms with Gasteiger partial charge in [0, 0.05) is 24.3 Å². The summed E-state index contributed by atoms with van der Waals surface area (Å²) in [6.45, 7) is 9.48. The van der Waals surface area contributed by atoms with Crippen molar-refractivity contribution in [3.8, 4) is 0 Å². The van der Waals surface area contributed by atoms with Gasteiger partial charge in [0.15, 0.2) is 0 Å². The second kappa shape index (κ2) is 8.57. The molecule has 102 valence electrons. The number of hydrogen-bond donors (Lipinski definition) is 1. The molecular weight excluding hydrogens is 242 g/mol. The lowest BCUT2D eigenvalue weighted by molar-refractivity contribution is 0.218. The Kier molecular flexibility index (Phi) is 7.40. The summed E-state index contributed by atoms with van der Waals surface area (Å²) >= 11 is 1.86. The van der Waals surface area contributed by atoms with E-state index in [-0.39, 0.29) is 0 Å². The lowest BCUT2D eigenvalue weighted by Crippen LogP contribution is -2.18. The van der Waals surface area contributed by atoms with Crippen LogP contribution in [-0.2, 0) is 11.3 Å². The Bertz CT molecular complexity index is 352. The molecule has 0 heterocycles. The van der Waals surface area contributed by atoms with Crippen molar-refractivity contribution in [3.05, 3.63) is 29.3 Å². The van der Waals surface area contributed by atoms with Gasteiger partial charge in [-0.1, -0.05) is 26.0 Å². The number of methoxy groups -OCH3 is 1. The molecule has 0 aromatic heterocycles. The fourth-order valence-electron chi connectivity index (χ4n) is 1.72. The van der Waals surface area contributed by atoms with Crippen LogP contribution in [0.3, 0.4) is 0 Å². The number of ether oxygens (including phenoxy) is 1. The molecule has 0 bridgehead atoms. The average molecular weight is 267 g/mol. The molecule has 0 aliphatic heterocycles. The fourth-order valence-corrected chi connectivity index (χ4v) is 2.64. The number of nitrogens with one attached hydrogen (secondary N) is 1. The van der Waals surface area contributed by atoms with Gasteiger partial charge in [-0.3, -0.25) is 0 Å². The van der Waals surface area contributed by atoms with Gasteiger partial charge in [-0.2, -0.15) is 0 Å². The predicted octanol–water partition coefficient (Wildman–Crippen LogP) is 3.48. The zero-order valence-corrected chi connectivity index (χ0v) is 12.8. The first-order chi connectivity index (χ1) is 8.63. The van der Waals surface area contributed by atoms with Gasteiger partial charge in [0.2, 0.25) is 0 Å². The molecule has 1 aromatic rings. The Hall–Kier alpha value is -0.510. The summed E-state index contributed by atoms with van der Waals surface area (Å²) in [6.07, 6.45) is 0. The minimum Gasteiger partial charge on any atom is -0.384 e. The van der Waals surface area contributed by atoms with Crippen LogP contribution in [0.15, 0.2) is 23.1 Å². The number of benzene rings is 1. The van der Waals surface area contributed by atoms with Crippen molar-refractivity contribution in [2.75, 3.05) is 26.0 Å². The molecule has 2 nitrogen and oxygen atoms in total. The maximum absolute atomic E-state index is 5.07. The lowest BCUT2D eigenvalue weighted by Gasteiger charge is -2.10. The van der Waals surface area contributed by atoms with E-state index in [4.69, 9.17) is 4.74 Å². The SMILES string of the molecule is COCCSc1ccc(CNCC(C)C)cc1C. The summed E-state index contributed by atoms with van der Waals surface area (Å²) in [5.41, 5.74) is 2.73. The highest BCUT2D eigenvalue weighted by Gasteiger charge is 2.01. The van der Waals surface area contributed by atoms with E-state index in [2.05, 4.69) is 44.3 Å². The Morgan fingerprint density at radius 3 is 2.72 bits per heavy atom. The van der Waals surface area contributed by atoms with Crippen molar-refractivity contribution in [1.82, 2.24) is 5.32 Å². The van der Waals surface area contributed by atoms with Crippen LogP contribution in [0.2, 0.25) is 0 Å². The van der Waals surface area contributed by atoms with Crippen LogP contribution in [0.25, 0.3) is 0 Å². The van der Waals surface area contributed by atoms with Gasteiger partial charge in [0.05, 0.1) is 6.61 Å². The van der Waals surface area contributed by atoms with Gasteiger partial charge < -0.3 is 10.1 Å². The van der Waals surface area contributed by atoms with E-state index < -0.39 is 0 Å². The van der Waals surface area contributed by atoms with Crippen LogP contribution >= 0.6 is 11.8 Å². The molecule has 0 spiro atoms. The molecule has 0 radical (unpaired) electrons. The maximum Gasteiger partial charge on any atom is 0.0556 e. The first-order valence-electron chi connectivity index (χ1n) is 6.55. The molecular formula is C15H25NOS. The topological polar surface area (TPSA) is 21.3 Å². The molecule has 0 aliphatic rings. The van der Waals surface area contributed by atoms with Crippen LogP contribution in [0.5, 0.6) is 0 Å². The standard InChI is InChI=1S/C15H25NOS/c1-12(2)10-16-11-14-5-6-15(13(3)9-14)18-8-7-17-4/h5-6,9,12,16H,7-8,10-11H2,1-4H3. The van der Waals surface area contributed by atoms with E-state index in [0.717, 1.165) is 25.4 Å². The van der Waals surface area contributed by atoms with E-state index in [9.17, 15) is 0 Å². The smallest absolute Gasteiger partial charge is 0.0556 e. The molecule has 1 rings (SSSR count). The van der Waals surface area contributed by atoms with Gasteiger partial charge in [0.1, 0.15) is 0 Å². The van der Waals surface area contributed by atoms with Crippen molar-refractivity contribution in [3.63, 3.8) is 0 Å². The molecule has 1 aromatic carbocycles. The second-order valence-corrected chi connectivity index (χ2v) is 6.10. The molecule has 0 unspecified atom stereocenters. The highest BCUT2D eigenvalue weighted by molar-refractivity contribution is 7.99. The van der Waals surface area contributed by atoms with Crippen molar-refractivity contribution < 1.29 is 4.74 Å². The minimum absolute atomic E-state index is 0.704. The molecule has 1 N–H and O–H groups in total. The van der Waals surface area contributed by atoms with Gasteiger partial charge in [-0.15, -0.1) is 11.8 Å². The number of aryl methyl sites for hydroxylation is 1. The van der Waals surface area contributed by atoms with Gasteiger partial charge in [-0.25, -0.2) is 0 Å². The summed E-state index contributed by atoms with van der Waals surface area (Å²) in [7, 11) is 1.75. The van der Waals surface area contributed by atoms with E-state index >= 15 is 0 Å². The van der Waals surface area contributed by atoms with Crippen LogP contribution in [-0.4, -0.2) is 26.0 Å². The quantitative estimate of drug-likeness (QED) is 0.575. The highest BCUT2D eigenvalue weighted by atomic mass is 32.2. The Morgan fingerprint density at radius 2 is 2.11 bits per heavy atom. The molecule has 0 amide bonds. The summed E-state index contributed by atoms with van der Waals surface area (Å²) < 4.78 is 5.07. The van der Waals surface area contributed by atoms with E-state index in [1.54, 1.807) is 7.11 Å².